The Morgan fingerprint density at radius 2 is 2.15 bits per heavy atom. The Labute approximate surface area is 121 Å². The van der Waals surface area contributed by atoms with E-state index in [0.29, 0.717) is 23.8 Å². The number of phenolic OH excluding ortho intramolecular Hbond substituents is 1. The molecule has 0 amide bonds. The van der Waals surface area contributed by atoms with Crippen LogP contribution in [0.2, 0.25) is 0 Å². The van der Waals surface area contributed by atoms with E-state index in [2.05, 4.69) is 17.9 Å². The Morgan fingerprint density at radius 3 is 2.95 bits per heavy atom. The summed E-state index contributed by atoms with van der Waals surface area (Å²) in [6.45, 7) is 4.43. The van der Waals surface area contributed by atoms with Crippen molar-refractivity contribution in [1.29, 1.82) is 0 Å². The average Bonchev–Trinajstić information content (AvgIpc) is 2.48. The molecule has 1 fully saturated rings. The van der Waals surface area contributed by atoms with Gasteiger partial charge in [0.05, 0.1) is 6.10 Å². The van der Waals surface area contributed by atoms with Crippen LogP contribution >= 0.6 is 0 Å². The lowest BCUT2D eigenvalue weighted by Gasteiger charge is -2.42. The number of nitrogens with zero attached hydrogens (tertiary/aromatic N) is 1. The molecular formula is C17H25NO2. The van der Waals surface area contributed by atoms with Gasteiger partial charge in [-0.1, -0.05) is 19.1 Å². The van der Waals surface area contributed by atoms with E-state index in [4.69, 9.17) is 4.74 Å². The van der Waals surface area contributed by atoms with Crippen LogP contribution in [-0.2, 0) is 11.2 Å². The summed E-state index contributed by atoms with van der Waals surface area (Å²) in [6.07, 6.45) is 4.91. The van der Waals surface area contributed by atoms with Crippen molar-refractivity contribution in [1.82, 2.24) is 4.90 Å². The third-order valence-corrected chi connectivity index (χ3v) is 5.12. The second-order valence-corrected chi connectivity index (χ2v) is 6.29. The zero-order valence-electron chi connectivity index (χ0n) is 12.5. The number of aromatic hydroxyl groups is 1. The van der Waals surface area contributed by atoms with Crippen molar-refractivity contribution in [2.75, 3.05) is 20.2 Å². The fourth-order valence-corrected chi connectivity index (χ4v) is 3.83. The lowest BCUT2D eigenvalue weighted by molar-refractivity contribution is -0.0219. The molecular weight excluding hydrogens is 250 g/mol. The van der Waals surface area contributed by atoms with Gasteiger partial charge in [-0.2, -0.15) is 0 Å². The molecule has 1 aliphatic heterocycles. The highest BCUT2D eigenvalue weighted by Crippen LogP contribution is 2.39. The first kappa shape index (κ1) is 13.9. The molecule has 1 aliphatic carbocycles. The van der Waals surface area contributed by atoms with Gasteiger partial charge in [0, 0.05) is 19.7 Å². The van der Waals surface area contributed by atoms with Gasteiger partial charge in [-0.3, -0.25) is 4.90 Å². The number of piperidine rings is 1. The first-order valence-corrected chi connectivity index (χ1v) is 7.78. The topological polar surface area (TPSA) is 32.7 Å². The van der Waals surface area contributed by atoms with Crippen LogP contribution in [0, 0.1) is 5.92 Å². The van der Waals surface area contributed by atoms with Gasteiger partial charge in [0.1, 0.15) is 5.75 Å². The third kappa shape index (κ3) is 2.45. The number of ether oxygens (including phenoxy) is 1. The average molecular weight is 275 g/mol. The van der Waals surface area contributed by atoms with Gasteiger partial charge in [-0.25, -0.2) is 0 Å². The Kier molecular flexibility index (Phi) is 3.99. The number of hydrogen-bond donors (Lipinski definition) is 1. The molecule has 3 heteroatoms. The minimum atomic E-state index is 0.339. The smallest absolute Gasteiger partial charge is 0.119 e. The van der Waals surface area contributed by atoms with Crippen LogP contribution in [0.3, 0.4) is 0 Å². The summed E-state index contributed by atoms with van der Waals surface area (Å²) in [5, 5.41) is 10.1. The molecule has 0 spiro atoms. The van der Waals surface area contributed by atoms with Gasteiger partial charge in [-0.15, -0.1) is 0 Å². The first-order valence-electron chi connectivity index (χ1n) is 7.78. The second-order valence-electron chi connectivity index (χ2n) is 6.29. The van der Waals surface area contributed by atoms with E-state index in [0.717, 1.165) is 25.1 Å². The lowest BCUT2D eigenvalue weighted by Crippen LogP contribution is -2.46. The Balaban J connectivity index is 1.84. The molecule has 3 nitrogen and oxygen atoms in total. The van der Waals surface area contributed by atoms with E-state index in [1.54, 1.807) is 0 Å². The van der Waals surface area contributed by atoms with Crippen LogP contribution in [0.25, 0.3) is 0 Å². The maximum atomic E-state index is 10.1. The number of rotatable bonds is 2. The van der Waals surface area contributed by atoms with Crippen molar-refractivity contribution in [2.24, 2.45) is 5.92 Å². The molecule has 2 aliphatic rings. The third-order valence-electron chi connectivity index (χ3n) is 5.12. The van der Waals surface area contributed by atoms with Crippen LogP contribution in [-0.4, -0.2) is 36.3 Å². The molecule has 1 N–H and O–H groups in total. The van der Waals surface area contributed by atoms with E-state index in [1.165, 1.54) is 24.8 Å². The SMILES string of the molecule is COC1CN(C2CCCc3c(O)cccc32)CCC1C. The fourth-order valence-electron chi connectivity index (χ4n) is 3.83. The molecule has 0 bridgehead atoms. The van der Waals surface area contributed by atoms with Crippen molar-refractivity contribution in [3.63, 3.8) is 0 Å². The first-order chi connectivity index (χ1) is 9.70. The quantitative estimate of drug-likeness (QED) is 0.900. The molecule has 0 radical (unpaired) electrons. The van der Waals surface area contributed by atoms with Gasteiger partial charge in [0.15, 0.2) is 0 Å². The van der Waals surface area contributed by atoms with Crippen LogP contribution in [0.4, 0.5) is 0 Å². The molecule has 3 unspecified atom stereocenters. The summed E-state index contributed by atoms with van der Waals surface area (Å²) in [7, 11) is 1.82. The van der Waals surface area contributed by atoms with Gasteiger partial charge in [0.25, 0.3) is 0 Å². The minimum Gasteiger partial charge on any atom is -0.508 e. The van der Waals surface area contributed by atoms with E-state index in [1.807, 2.05) is 19.2 Å². The largest absolute Gasteiger partial charge is 0.508 e. The van der Waals surface area contributed by atoms with Crippen molar-refractivity contribution in [3.8, 4) is 5.75 Å². The van der Waals surface area contributed by atoms with Crippen LogP contribution < -0.4 is 0 Å². The second kappa shape index (κ2) is 5.74. The molecule has 110 valence electrons. The summed E-state index contributed by atoms with van der Waals surface area (Å²) in [4.78, 5) is 2.56. The Morgan fingerprint density at radius 1 is 1.30 bits per heavy atom. The predicted octanol–water partition coefficient (Wildman–Crippen LogP) is 3.13. The molecule has 0 aromatic heterocycles. The summed E-state index contributed by atoms with van der Waals surface area (Å²) in [6, 6.07) is 6.44. The predicted molar refractivity (Wildman–Crippen MR) is 79.9 cm³/mol. The van der Waals surface area contributed by atoms with Crippen molar-refractivity contribution in [2.45, 2.75) is 44.8 Å². The number of methoxy groups -OCH3 is 1. The van der Waals surface area contributed by atoms with Gasteiger partial charge >= 0.3 is 0 Å². The zero-order chi connectivity index (χ0) is 14.1. The monoisotopic (exact) mass is 275 g/mol. The molecule has 1 saturated heterocycles. The van der Waals surface area contributed by atoms with Crippen LogP contribution in [0.1, 0.15) is 43.4 Å². The highest BCUT2D eigenvalue weighted by molar-refractivity contribution is 5.42. The van der Waals surface area contributed by atoms with Crippen molar-refractivity contribution >= 4 is 0 Å². The van der Waals surface area contributed by atoms with Crippen molar-refractivity contribution < 1.29 is 9.84 Å². The Hall–Kier alpha value is -1.06. The van der Waals surface area contributed by atoms with E-state index >= 15 is 0 Å². The molecule has 3 rings (SSSR count). The number of hydrogen-bond acceptors (Lipinski definition) is 3. The molecule has 0 saturated carbocycles. The summed E-state index contributed by atoms with van der Waals surface area (Å²) in [5.74, 6) is 1.12. The molecule has 20 heavy (non-hydrogen) atoms. The van der Waals surface area contributed by atoms with Crippen molar-refractivity contribution in [3.05, 3.63) is 29.3 Å². The van der Waals surface area contributed by atoms with Crippen LogP contribution in [0.5, 0.6) is 5.75 Å². The Bertz CT molecular complexity index is 474. The van der Waals surface area contributed by atoms with E-state index in [-0.39, 0.29) is 0 Å². The highest BCUT2D eigenvalue weighted by Gasteiger charge is 2.33. The highest BCUT2D eigenvalue weighted by atomic mass is 16.5. The number of fused-ring (bicyclic) bond motifs is 1. The standard InChI is InChI=1S/C17H25NO2/c1-12-9-10-18(11-17(12)20-2)15-7-3-6-14-13(15)5-4-8-16(14)19/h4-5,8,12,15,17,19H,3,6-7,9-11H2,1-2H3. The zero-order valence-corrected chi connectivity index (χ0v) is 12.5. The van der Waals surface area contributed by atoms with Gasteiger partial charge in [0.2, 0.25) is 0 Å². The summed E-state index contributed by atoms with van der Waals surface area (Å²) >= 11 is 0. The van der Waals surface area contributed by atoms with Gasteiger partial charge in [-0.05, 0) is 55.3 Å². The van der Waals surface area contributed by atoms with E-state index < -0.39 is 0 Å². The summed E-state index contributed by atoms with van der Waals surface area (Å²) in [5.41, 5.74) is 2.50. The summed E-state index contributed by atoms with van der Waals surface area (Å²) < 4.78 is 5.65. The number of likely N-dealkylation sites (tertiary alicyclic amines) is 1. The van der Waals surface area contributed by atoms with Gasteiger partial charge < -0.3 is 9.84 Å². The lowest BCUT2D eigenvalue weighted by atomic mass is 9.84. The fraction of sp³-hybridized carbons (Fsp3) is 0.647. The number of benzene rings is 1. The minimum absolute atomic E-state index is 0.339. The van der Waals surface area contributed by atoms with E-state index in [9.17, 15) is 5.11 Å². The van der Waals surface area contributed by atoms with Crippen LogP contribution in [0.15, 0.2) is 18.2 Å². The molecule has 1 aromatic rings. The molecule has 3 atom stereocenters. The normalized spacial score (nSPS) is 31.0. The molecule has 1 heterocycles. The number of phenols is 1. The maximum Gasteiger partial charge on any atom is 0.119 e. The molecule has 1 aromatic carbocycles. The maximum absolute atomic E-state index is 10.1.